The second-order valence-electron chi connectivity index (χ2n) is 4.02. The summed E-state index contributed by atoms with van der Waals surface area (Å²) >= 11 is 1.60. The lowest BCUT2D eigenvalue weighted by Gasteiger charge is -2.08. The minimum atomic E-state index is -1.11. The fourth-order valence-electron chi connectivity index (χ4n) is 1.66. The lowest BCUT2D eigenvalue weighted by atomic mass is 10.0. The van der Waals surface area contributed by atoms with Crippen molar-refractivity contribution in [1.29, 1.82) is 0 Å². The highest BCUT2D eigenvalue weighted by Crippen LogP contribution is 2.32. The number of rotatable bonds is 3. The highest BCUT2D eigenvalue weighted by molar-refractivity contribution is 7.98. The van der Waals surface area contributed by atoms with Gasteiger partial charge in [0.2, 0.25) is 5.76 Å². The summed E-state index contributed by atoms with van der Waals surface area (Å²) in [5, 5.41) is 12.6. The summed E-state index contributed by atoms with van der Waals surface area (Å²) in [5.41, 5.74) is 3.80. The van der Waals surface area contributed by atoms with Gasteiger partial charge in [0, 0.05) is 16.5 Å². The van der Waals surface area contributed by atoms with Crippen molar-refractivity contribution in [2.45, 2.75) is 18.7 Å². The third-order valence-electron chi connectivity index (χ3n) is 2.81. The Morgan fingerprint density at radius 1 is 1.28 bits per heavy atom. The van der Waals surface area contributed by atoms with Crippen molar-refractivity contribution in [1.82, 2.24) is 5.16 Å². The molecule has 0 spiro atoms. The standard InChI is InChI=1S/C13H13NO3S/c1-7-4-9(12(18-3)5-8(7)2)10-6-11(13(15)16)17-14-10/h4-6H,1-3H3,(H,15,16). The van der Waals surface area contributed by atoms with Gasteiger partial charge in [-0.1, -0.05) is 5.16 Å². The van der Waals surface area contributed by atoms with Crippen LogP contribution in [0.15, 0.2) is 27.6 Å². The first-order chi connectivity index (χ1) is 8.52. The number of aromatic carboxylic acids is 1. The molecule has 1 heterocycles. The van der Waals surface area contributed by atoms with Gasteiger partial charge < -0.3 is 9.63 Å². The van der Waals surface area contributed by atoms with Crippen LogP contribution in [-0.4, -0.2) is 22.5 Å². The molecule has 0 aliphatic heterocycles. The van der Waals surface area contributed by atoms with Crippen LogP contribution in [-0.2, 0) is 0 Å². The maximum Gasteiger partial charge on any atom is 0.374 e. The first-order valence-electron chi connectivity index (χ1n) is 5.38. The molecule has 0 saturated heterocycles. The molecule has 1 N–H and O–H groups in total. The fraction of sp³-hybridized carbons (Fsp3) is 0.231. The molecule has 1 aromatic heterocycles. The highest BCUT2D eigenvalue weighted by atomic mass is 32.2. The maximum absolute atomic E-state index is 10.8. The molecule has 0 fully saturated rings. The normalized spacial score (nSPS) is 10.6. The van der Waals surface area contributed by atoms with Gasteiger partial charge in [-0.25, -0.2) is 4.79 Å². The zero-order valence-electron chi connectivity index (χ0n) is 10.4. The van der Waals surface area contributed by atoms with E-state index in [1.54, 1.807) is 11.8 Å². The van der Waals surface area contributed by atoms with Gasteiger partial charge in [0.15, 0.2) is 0 Å². The van der Waals surface area contributed by atoms with Crippen LogP contribution in [0, 0.1) is 13.8 Å². The van der Waals surface area contributed by atoms with Crippen molar-refractivity contribution < 1.29 is 14.4 Å². The van der Waals surface area contributed by atoms with E-state index in [0.29, 0.717) is 5.69 Å². The number of hydrogen-bond donors (Lipinski definition) is 1. The largest absolute Gasteiger partial charge is 0.475 e. The van der Waals surface area contributed by atoms with E-state index >= 15 is 0 Å². The quantitative estimate of drug-likeness (QED) is 0.860. The predicted octanol–water partition coefficient (Wildman–Crippen LogP) is 3.38. The van der Waals surface area contributed by atoms with Crippen LogP contribution in [0.2, 0.25) is 0 Å². The first kappa shape index (κ1) is 12.7. The van der Waals surface area contributed by atoms with Crippen LogP contribution < -0.4 is 0 Å². The molecule has 2 rings (SSSR count). The second kappa shape index (κ2) is 4.86. The SMILES string of the molecule is CSc1cc(C)c(C)cc1-c1cc(C(=O)O)on1. The van der Waals surface area contributed by atoms with Crippen LogP contribution in [0.1, 0.15) is 21.7 Å². The smallest absolute Gasteiger partial charge is 0.374 e. The Labute approximate surface area is 109 Å². The number of aryl methyl sites for hydroxylation is 2. The fourth-order valence-corrected chi connectivity index (χ4v) is 2.34. The van der Waals surface area contributed by atoms with E-state index < -0.39 is 5.97 Å². The van der Waals surface area contributed by atoms with Gasteiger partial charge in [-0.2, -0.15) is 0 Å². The summed E-state index contributed by atoms with van der Waals surface area (Å²) < 4.78 is 4.79. The molecule has 2 aromatic rings. The van der Waals surface area contributed by atoms with E-state index in [9.17, 15) is 4.79 Å². The minimum absolute atomic E-state index is 0.143. The van der Waals surface area contributed by atoms with Gasteiger partial charge in [0.1, 0.15) is 5.69 Å². The lowest BCUT2D eigenvalue weighted by molar-refractivity contribution is 0.0652. The van der Waals surface area contributed by atoms with Crippen molar-refractivity contribution in [3.8, 4) is 11.3 Å². The Morgan fingerprint density at radius 2 is 1.94 bits per heavy atom. The topological polar surface area (TPSA) is 63.3 Å². The molecule has 94 valence electrons. The summed E-state index contributed by atoms with van der Waals surface area (Å²) in [6.45, 7) is 4.06. The Morgan fingerprint density at radius 3 is 2.50 bits per heavy atom. The minimum Gasteiger partial charge on any atom is -0.475 e. The number of carboxylic acids is 1. The van der Waals surface area contributed by atoms with Gasteiger partial charge in [0.05, 0.1) is 0 Å². The zero-order valence-corrected chi connectivity index (χ0v) is 11.2. The summed E-state index contributed by atoms with van der Waals surface area (Å²) in [7, 11) is 0. The van der Waals surface area contributed by atoms with Gasteiger partial charge >= 0.3 is 5.97 Å². The Bertz CT molecular complexity index is 604. The van der Waals surface area contributed by atoms with Crippen LogP contribution in [0.4, 0.5) is 0 Å². The van der Waals surface area contributed by atoms with E-state index in [0.717, 1.165) is 16.0 Å². The first-order valence-corrected chi connectivity index (χ1v) is 6.61. The molecule has 0 aliphatic carbocycles. The van der Waals surface area contributed by atoms with Crippen LogP contribution >= 0.6 is 11.8 Å². The molecule has 0 radical (unpaired) electrons. The van der Waals surface area contributed by atoms with Gasteiger partial charge in [-0.05, 0) is 43.4 Å². The van der Waals surface area contributed by atoms with E-state index in [1.165, 1.54) is 11.6 Å². The van der Waals surface area contributed by atoms with Crippen molar-refractivity contribution >= 4 is 17.7 Å². The average Bonchev–Trinajstić information content (AvgIpc) is 2.81. The molecular formula is C13H13NO3S. The van der Waals surface area contributed by atoms with Crippen LogP contribution in [0.25, 0.3) is 11.3 Å². The van der Waals surface area contributed by atoms with Crippen LogP contribution in [0.3, 0.4) is 0 Å². The van der Waals surface area contributed by atoms with Crippen molar-refractivity contribution in [2.24, 2.45) is 0 Å². The highest BCUT2D eigenvalue weighted by Gasteiger charge is 2.15. The molecule has 0 unspecified atom stereocenters. The van der Waals surface area contributed by atoms with Crippen molar-refractivity contribution in [3.05, 3.63) is 35.1 Å². The summed E-state index contributed by atoms with van der Waals surface area (Å²) in [6.07, 6.45) is 1.98. The molecule has 0 saturated carbocycles. The Hall–Kier alpha value is -1.75. The third-order valence-corrected chi connectivity index (χ3v) is 3.59. The molecule has 0 amide bonds. The number of hydrogen-bond acceptors (Lipinski definition) is 4. The van der Waals surface area contributed by atoms with E-state index in [4.69, 9.17) is 9.63 Å². The average molecular weight is 263 g/mol. The molecule has 0 bridgehead atoms. The Kier molecular flexibility index (Phi) is 3.43. The van der Waals surface area contributed by atoms with Gasteiger partial charge in [0.25, 0.3) is 0 Å². The molecule has 4 nitrogen and oxygen atoms in total. The van der Waals surface area contributed by atoms with E-state index in [-0.39, 0.29) is 5.76 Å². The number of thioether (sulfide) groups is 1. The van der Waals surface area contributed by atoms with Gasteiger partial charge in [-0.3, -0.25) is 0 Å². The summed E-state index contributed by atoms with van der Waals surface area (Å²) in [5.74, 6) is -1.25. The molecular weight excluding hydrogens is 250 g/mol. The lowest BCUT2D eigenvalue weighted by Crippen LogP contribution is -1.92. The molecule has 0 atom stereocenters. The molecule has 5 heteroatoms. The number of aromatic nitrogens is 1. The number of carboxylic acid groups (broad SMARTS) is 1. The van der Waals surface area contributed by atoms with Crippen molar-refractivity contribution in [2.75, 3.05) is 6.26 Å². The van der Waals surface area contributed by atoms with E-state index in [2.05, 4.69) is 11.2 Å². The predicted molar refractivity (Wildman–Crippen MR) is 70.2 cm³/mol. The monoisotopic (exact) mass is 263 g/mol. The zero-order chi connectivity index (χ0) is 13.3. The molecule has 18 heavy (non-hydrogen) atoms. The maximum atomic E-state index is 10.8. The van der Waals surface area contributed by atoms with Crippen LogP contribution in [0.5, 0.6) is 0 Å². The van der Waals surface area contributed by atoms with E-state index in [1.807, 2.05) is 26.2 Å². The second-order valence-corrected chi connectivity index (χ2v) is 4.87. The van der Waals surface area contributed by atoms with Crippen molar-refractivity contribution in [3.63, 3.8) is 0 Å². The number of benzene rings is 1. The summed E-state index contributed by atoms with van der Waals surface area (Å²) in [6, 6.07) is 5.53. The number of nitrogens with zero attached hydrogens (tertiary/aromatic N) is 1. The summed E-state index contributed by atoms with van der Waals surface area (Å²) in [4.78, 5) is 11.8. The molecule has 1 aromatic carbocycles. The molecule has 0 aliphatic rings. The third kappa shape index (κ3) is 2.26. The Balaban J connectivity index is 2.55. The van der Waals surface area contributed by atoms with Gasteiger partial charge in [-0.15, -0.1) is 11.8 Å². The number of carbonyl (C=O) groups is 1.